The third-order valence-corrected chi connectivity index (χ3v) is 2.94. The Kier molecular flexibility index (Phi) is 5.01. The van der Waals surface area contributed by atoms with Crippen LogP contribution in [0.3, 0.4) is 0 Å². The van der Waals surface area contributed by atoms with Gasteiger partial charge in [0.15, 0.2) is 0 Å². The molecule has 1 atom stereocenters. The van der Waals surface area contributed by atoms with Gasteiger partial charge in [-0.05, 0) is 42.9 Å². The second-order valence-corrected chi connectivity index (χ2v) is 5.44. The minimum absolute atomic E-state index is 0.122. The molecule has 0 aliphatic heterocycles. The average molecular weight is 235 g/mol. The maximum absolute atomic E-state index is 5.89. The molecule has 0 aliphatic rings. The molecule has 0 fully saturated rings. The normalized spacial score (nSPS) is 13.5. The van der Waals surface area contributed by atoms with Crippen molar-refractivity contribution in [3.05, 3.63) is 29.8 Å². The first-order valence-electron chi connectivity index (χ1n) is 6.44. The van der Waals surface area contributed by atoms with Gasteiger partial charge >= 0.3 is 0 Å². The van der Waals surface area contributed by atoms with Gasteiger partial charge in [-0.2, -0.15) is 0 Å². The van der Waals surface area contributed by atoms with Gasteiger partial charge < -0.3 is 10.5 Å². The molecule has 0 saturated heterocycles. The Labute approximate surface area is 105 Å². The quantitative estimate of drug-likeness (QED) is 0.819. The van der Waals surface area contributed by atoms with Gasteiger partial charge in [0.1, 0.15) is 5.75 Å². The highest BCUT2D eigenvalue weighted by molar-refractivity contribution is 5.31. The summed E-state index contributed by atoms with van der Waals surface area (Å²) in [4.78, 5) is 0. The van der Waals surface area contributed by atoms with Crippen molar-refractivity contribution in [3.8, 4) is 5.75 Å². The Hall–Kier alpha value is -1.02. The summed E-state index contributed by atoms with van der Waals surface area (Å²) >= 11 is 0. The predicted octanol–water partition coefficient (Wildman–Crippen LogP) is 3.49. The van der Waals surface area contributed by atoms with E-state index in [1.54, 1.807) is 0 Å². The van der Waals surface area contributed by atoms with Crippen LogP contribution in [0.15, 0.2) is 24.3 Å². The van der Waals surface area contributed by atoms with Crippen LogP contribution in [0.4, 0.5) is 0 Å². The first-order chi connectivity index (χ1) is 7.95. The second kappa shape index (κ2) is 6.06. The minimum Gasteiger partial charge on any atom is -0.494 e. The average Bonchev–Trinajstić information content (AvgIpc) is 2.25. The highest BCUT2D eigenvalue weighted by Gasteiger charge is 2.21. The molecule has 2 heteroatoms. The number of rotatable bonds is 6. The van der Waals surface area contributed by atoms with Crippen LogP contribution in [0.5, 0.6) is 5.75 Å². The van der Waals surface area contributed by atoms with E-state index >= 15 is 0 Å². The lowest BCUT2D eigenvalue weighted by Crippen LogP contribution is -2.28. The zero-order valence-electron chi connectivity index (χ0n) is 11.5. The smallest absolute Gasteiger partial charge is 0.119 e. The van der Waals surface area contributed by atoms with Crippen molar-refractivity contribution < 1.29 is 4.74 Å². The molecule has 17 heavy (non-hydrogen) atoms. The van der Waals surface area contributed by atoms with Crippen LogP contribution >= 0.6 is 0 Å². The maximum Gasteiger partial charge on any atom is 0.119 e. The zero-order valence-corrected chi connectivity index (χ0v) is 11.5. The van der Waals surface area contributed by atoms with Crippen LogP contribution in [0.25, 0.3) is 0 Å². The number of hydrogen-bond acceptors (Lipinski definition) is 2. The number of nitrogens with two attached hydrogens (primary N) is 1. The number of hydrogen-bond donors (Lipinski definition) is 1. The predicted molar refractivity (Wildman–Crippen MR) is 73.5 cm³/mol. The van der Waals surface area contributed by atoms with Crippen LogP contribution in [-0.4, -0.2) is 12.6 Å². The fourth-order valence-corrected chi connectivity index (χ4v) is 2.15. The Morgan fingerprint density at radius 2 is 1.82 bits per heavy atom. The van der Waals surface area contributed by atoms with Crippen molar-refractivity contribution in [1.29, 1.82) is 0 Å². The standard InChI is InChI=1S/C15H25NO/c1-5-10-17-14-8-6-13(7-9-14)15(3,4)11-12(2)16/h6-9,12H,5,10-11,16H2,1-4H3. The van der Waals surface area contributed by atoms with E-state index in [9.17, 15) is 0 Å². The highest BCUT2D eigenvalue weighted by atomic mass is 16.5. The van der Waals surface area contributed by atoms with Crippen molar-refractivity contribution in [1.82, 2.24) is 0 Å². The van der Waals surface area contributed by atoms with E-state index < -0.39 is 0 Å². The van der Waals surface area contributed by atoms with E-state index in [1.807, 2.05) is 12.1 Å². The summed E-state index contributed by atoms with van der Waals surface area (Å²) in [5.41, 5.74) is 7.33. The van der Waals surface area contributed by atoms with Crippen molar-refractivity contribution in [2.45, 2.75) is 52.0 Å². The summed E-state index contributed by atoms with van der Waals surface area (Å²) in [5.74, 6) is 0.951. The third kappa shape index (κ3) is 4.39. The van der Waals surface area contributed by atoms with E-state index in [1.165, 1.54) is 5.56 Å². The summed E-state index contributed by atoms with van der Waals surface area (Å²) < 4.78 is 5.58. The van der Waals surface area contributed by atoms with E-state index in [0.717, 1.165) is 25.2 Å². The lowest BCUT2D eigenvalue weighted by atomic mass is 9.79. The SMILES string of the molecule is CCCOc1ccc(C(C)(C)CC(C)N)cc1. The Balaban J connectivity index is 2.72. The van der Waals surface area contributed by atoms with Gasteiger partial charge in [0.25, 0.3) is 0 Å². The van der Waals surface area contributed by atoms with Crippen molar-refractivity contribution in [3.63, 3.8) is 0 Å². The molecule has 96 valence electrons. The molecule has 0 saturated carbocycles. The number of benzene rings is 1. The van der Waals surface area contributed by atoms with Crippen LogP contribution in [-0.2, 0) is 5.41 Å². The van der Waals surface area contributed by atoms with E-state index in [2.05, 4.69) is 39.8 Å². The zero-order chi connectivity index (χ0) is 12.9. The largest absolute Gasteiger partial charge is 0.494 e. The fraction of sp³-hybridized carbons (Fsp3) is 0.600. The fourth-order valence-electron chi connectivity index (χ4n) is 2.15. The molecule has 1 aromatic carbocycles. The van der Waals surface area contributed by atoms with Crippen molar-refractivity contribution >= 4 is 0 Å². The van der Waals surface area contributed by atoms with Gasteiger partial charge in [-0.25, -0.2) is 0 Å². The van der Waals surface area contributed by atoms with E-state index in [0.29, 0.717) is 0 Å². The molecular weight excluding hydrogens is 210 g/mol. The first kappa shape index (κ1) is 14.0. The van der Waals surface area contributed by atoms with Gasteiger partial charge in [-0.15, -0.1) is 0 Å². The molecule has 0 bridgehead atoms. The molecule has 0 spiro atoms. The Morgan fingerprint density at radius 3 is 2.29 bits per heavy atom. The molecule has 0 aliphatic carbocycles. The van der Waals surface area contributed by atoms with Crippen molar-refractivity contribution in [2.75, 3.05) is 6.61 Å². The lowest BCUT2D eigenvalue weighted by molar-refractivity contribution is 0.317. The molecule has 0 amide bonds. The Morgan fingerprint density at radius 1 is 1.24 bits per heavy atom. The topological polar surface area (TPSA) is 35.2 Å². The van der Waals surface area contributed by atoms with E-state index in [4.69, 9.17) is 10.5 Å². The highest BCUT2D eigenvalue weighted by Crippen LogP contribution is 2.29. The summed E-state index contributed by atoms with van der Waals surface area (Å²) in [5, 5.41) is 0. The van der Waals surface area contributed by atoms with Gasteiger partial charge in [-0.1, -0.05) is 32.9 Å². The summed E-state index contributed by atoms with van der Waals surface area (Å²) in [7, 11) is 0. The second-order valence-electron chi connectivity index (χ2n) is 5.44. The van der Waals surface area contributed by atoms with Gasteiger partial charge in [0, 0.05) is 6.04 Å². The van der Waals surface area contributed by atoms with Crippen LogP contribution in [0.2, 0.25) is 0 Å². The van der Waals surface area contributed by atoms with Crippen molar-refractivity contribution in [2.24, 2.45) is 5.73 Å². The van der Waals surface area contributed by atoms with Crippen LogP contribution in [0, 0.1) is 0 Å². The molecule has 1 aromatic rings. The lowest BCUT2D eigenvalue weighted by Gasteiger charge is -2.27. The van der Waals surface area contributed by atoms with Crippen LogP contribution in [0.1, 0.15) is 46.1 Å². The van der Waals surface area contributed by atoms with Gasteiger partial charge in [0.05, 0.1) is 6.61 Å². The van der Waals surface area contributed by atoms with Gasteiger partial charge in [0.2, 0.25) is 0 Å². The minimum atomic E-state index is 0.122. The molecule has 1 rings (SSSR count). The summed E-state index contributed by atoms with van der Waals surface area (Å²) in [6, 6.07) is 8.61. The monoisotopic (exact) mass is 235 g/mol. The molecule has 2 nitrogen and oxygen atoms in total. The molecule has 0 radical (unpaired) electrons. The molecular formula is C15H25NO. The molecule has 1 unspecified atom stereocenters. The summed E-state index contributed by atoms with van der Waals surface area (Å²) in [6.45, 7) is 9.42. The van der Waals surface area contributed by atoms with E-state index in [-0.39, 0.29) is 11.5 Å². The third-order valence-electron chi connectivity index (χ3n) is 2.94. The summed E-state index contributed by atoms with van der Waals surface area (Å²) in [6.07, 6.45) is 2.03. The number of ether oxygens (including phenoxy) is 1. The first-order valence-corrected chi connectivity index (χ1v) is 6.44. The molecule has 0 heterocycles. The van der Waals surface area contributed by atoms with Crippen LogP contribution < -0.4 is 10.5 Å². The van der Waals surface area contributed by atoms with Gasteiger partial charge in [-0.3, -0.25) is 0 Å². The Bertz CT molecular complexity index is 327. The molecule has 0 aromatic heterocycles. The molecule has 2 N–H and O–H groups in total. The maximum atomic E-state index is 5.89.